The molecule has 0 atom stereocenters. The van der Waals surface area contributed by atoms with Gasteiger partial charge in [0.05, 0.1) is 36.7 Å². The van der Waals surface area contributed by atoms with E-state index in [-0.39, 0.29) is 8.76 Å². The van der Waals surface area contributed by atoms with Gasteiger partial charge in [-0.25, -0.2) is 4.99 Å². The highest BCUT2D eigenvalue weighted by Crippen LogP contribution is 2.27. The molecule has 0 saturated carbocycles. The number of amides is 1. The number of nitrogens with zero attached hydrogens (tertiary/aromatic N) is 3. The van der Waals surface area contributed by atoms with Gasteiger partial charge in [0.25, 0.3) is 5.91 Å². The predicted molar refractivity (Wildman–Crippen MR) is 159 cm³/mol. The highest BCUT2D eigenvalue weighted by molar-refractivity contribution is 5.96. The van der Waals surface area contributed by atoms with E-state index in [1.54, 1.807) is 12.3 Å². The molecule has 1 aromatic heterocycles. The summed E-state index contributed by atoms with van der Waals surface area (Å²) in [5.74, 6) is 1.22. The molecule has 3 heterocycles. The summed E-state index contributed by atoms with van der Waals surface area (Å²) in [7, 11) is 1.89. The van der Waals surface area contributed by atoms with Crippen LogP contribution in [0.3, 0.4) is 0 Å². The molecule has 204 valence electrons. The van der Waals surface area contributed by atoms with Gasteiger partial charge in [-0.3, -0.25) is 4.79 Å². The molecule has 7 heteroatoms. The van der Waals surface area contributed by atoms with Gasteiger partial charge in [0, 0.05) is 59.0 Å². The lowest BCUT2D eigenvalue weighted by Gasteiger charge is -2.29. The molecule has 0 aliphatic carbocycles. The third kappa shape index (κ3) is 7.15. The van der Waals surface area contributed by atoms with Crippen molar-refractivity contribution in [1.82, 2.24) is 15.2 Å². The van der Waals surface area contributed by atoms with Crippen molar-refractivity contribution in [3.05, 3.63) is 90.1 Å². The molecular weight excluding hydrogens is 474 g/mol. The van der Waals surface area contributed by atoms with Crippen LogP contribution in [0.2, 0.25) is 0 Å². The number of aryl methyl sites for hydroxylation is 1. The fraction of sp³-hybridized carbons (Fsp3) is 0.387. The summed E-state index contributed by atoms with van der Waals surface area (Å²) in [6, 6.07) is 10.4. The number of amidine groups is 1. The smallest absolute Gasteiger partial charge is 0.253 e. The van der Waals surface area contributed by atoms with E-state index in [2.05, 4.69) is 71.7 Å². The Morgan fingerprint density at radius 3 is 2.84 bits per heavy atom. The molecule has 2 aliphatic rings. The topological polar surface area (TPSA) is 70.9 Å². The quantitative estimate of drug-likeness (QED) is 0.270. The van der Waals surface area contributed by atoms with Crippen LogP contribution < -0.4 is 15.5 Å². The molecule has 2 aliphatic heterocycles. The van der Waals surface area contributed by atoms with Gasteiger partial charge in [-0.15, -0.1) is 5.73 Å². The molecule has 0 unspecified atom stereocenters. The van der Waals surface area contributed by atoms with E-state index < -0.39 is 0 Å². The van der Waals surface area contributed by atoms with Crippen LogP contribution in [0.15, 0.2) is 84.0 Å². The number of ether oxygens (including phenoxy) is 1. The second-order valence-electron chi connectivity index (χ2n) is 9.91. The zero-order valence-electron chi connectivity index (χ0n) is 22.6. The summed E-state index contributed by atoms with van der Waals surface area (Å²) < 4.78 is 7.15. The van der Waals surface area contributed by atoms with Crippen LogP contribution in [0.4, 0.5) is 5.69 Å². The molecule has 0 radical (unpaired) electrons. The Morgan fingerprint density at radius 2 is 2.16 bits per heavy atom. The summed E-state index contributed by atoms with van der Waals surface area (Å²) >= 11 is 0. The first-order valence-electron chi connectivity index (χ1n) is 13.4. The van der Waals surface area contributed by atoms with E-state index in [1.807, 2.05) is 17.8 Å². The number of hydrogen-bond donors (Lipinski definition) is 2. The molecule has 1 fully saturated rings. The Morgan fingerprint density at radius 1 is 1.32 bits per heavy atom. The van der Waals surface area contributed by atoms with Crippen molar-refractivity contribution in [3.63, 3.8) is 0 Å². The number of carbonyl (C=O) groups excluding carboxylic acids is 1. The number of benzene rings is 1. The number of nitrogens with one attached hydrogen (secondary N) is 2. The summed E-state index contributed by atoms with van der Waals surface area (Å²) in [4.78, 5) is 19.6. The van der Waals surface area contributed by atoms with Crippen LogP contribution in [0.1, 0.15) is 51.4 Å². The number of hydrogen-bond acceptors (Lipinski definition) is 5. The molecule has 38 heavy (non-hydrogen) atoms. The maximum atomic E-state index is 12.4. The highest BCUT2D eigenvalue weighted by Gasteiger charge is 2.21. The zero-order chi connectivity index (χ0) is 26.9. The Kier molecular flexibility index (Phi) is 9.41. The minimum Gasteiger partial charge on any atom is -0.380 e. The first-order valence-corrected chi connectivity index (χ1v) is 13.4. The molecule has 2 aromatic rings. The highest BCUT2D eigenvalue weighted by atomic mass is 16.5. The number of anilines is 1. The first-order chi connectivity index (χ1) is 18.5. The SMILES string of the molecule is C=C=C(CNC(=O)c1ccn(C)c1)NC1=NC(c2cccc(N(CCC)CCCC(=C)C3COC3)c2)=CC1.[HH].[HH]. The van der Waals surface area contributed by atoms with Gasteiger partial charge in [0.2, 0.25) is 0 Å². The average molecular weight is 518 g/mol. The van der Waals surface area contributed by atoms with Gasteiger partial charge < -0.3 is 24.8 Å². The van der Waals surface area contributed by atoms with Crippen LogP contribution in [-0.2, 0) is 11.8 Å². The monoisotopic (exact) mass is 517 g/mol. The van der Waals surface area contributed by atoms with Crippen LogP contribution in [0.25, 0.3) is 5.70 Å². The van der Waals surface area contributed by atoms with E-state index in [0.29, 0.717) is 30.1 Å². The second kappa shape index (κ2) is 13.1. The lowest BCUT2D eigenvalue weighted by atomic mass is 9.95. The van der Waals surface area contributed by atoms with Crippen molar-refractivity contribution < 1.29 is 12.4 Å². The van der Waals surface area contributed by atoms with Crippen LogP contribution in [0, 0.1) is 5.92 Å². The van der Waals surface area contributed by atoms with Crippen molar-refractivity contribution in [2.45, 2.75) is 32.6 Å². The Bertz CT molecular complexity index is 1270. The lowest BCUT2D eigenvalue weighted by molar-refractivity contribution is -0.0145. The Labute approximate surface area is 229 Å². The van der Waals surface area contributed by atoms with Crippen LogP contribution in [0.5, 0.6) is 0 Å². The van der Waals surface area contributed by atoms with Crippen LogP contribution >= 0.6 is 0 Å². The van der Waals surface area contributed by atoms with Gasteiger partial charge in [0.15, 0.2) is 0 Å². The van der Waals surface area contributed by atoms with E-state index >= 15 is 0 Å². The molecule has 4 rings (SSSR count). The summed E-state index contributed by atoms with van der Waals surface area (Å²) in [6.07, 6.45) is 9.66. The summed E-state index contributed by atoms with van der Waals surface area (Å²) in [6.45, 7) is 14.2. The number of aromatic nitrogens is 1. The molecule has 1 amide bonds. The number of rotatable bonds is 13. The van der Waals surface area contributed by atoms with Gasteiger partial charge in [-0.1, -0.05) is 43.9 Å². The standard InChI is InChI=1S/C31H39N5O2.2H2/c1-5-15-36(16-8-9-23(3)26-21-38-22-26)28-11-7-10-24(18-28)29-12-13-30(34-29)33-27(6-2)19-32-31(37)25-14-17-35(4)20-25;;/h7,10-12,14,17-18,20,26H,2-3,5,8-9,13,15-16,19,21-22H2,1,4H3,(H,32,37)(H,33,34);2*1H. The average Bonchev–Trinajstić information content (AvgIpc) is 3.54. The maximum absolute atomic E-state index is 12.4. The van der Waals surface area contributed by atoms with E-state index in [9.17, 15) is 4.79 Å². The Balaban J connectivity index is 0.00000280. The molecule has 7 nitrogen and oxygen atoms in total. The van der Waals surface area contributed by atoms with Crippen molar-refractivity contribution >= 4 is 23.1 Å². The van der Waals surface area contributed by atoms with Gasteiger partial charge in [0.1, 0.15) is 5.84 Å². The minimum atomic E-state index is -0.137. The van der Waals surface area contributed by atoms with Gasteiger partial charge in [-0.05, 0) is 37.5 Å². The summed E-state index contributed by atoms with van der Waals surface area (Å²) in [5, 5.41) is 6.19. The molecule has 1 aromatic carbocycles. The van der Waals surface area contributed by atoms with Crippen molar-refractivity contribution in [3.8, 4) is 0 Å². The minimum absolute atomic E-state index is 0. The summed E-state index contributed by atoms with van der Waals surface area (Å²) in [5.41, 5.74) is 8.76. The predicted octanol–water partition coefficient (Wildman–Crippen LogP) is 5.55. The maximum Gasteiger partial charge on any atom is 0.253 e. The number of aliphatic imine (C=N–C) groups is 1. The third-order valence-corrected chi connectivity index (χ3v) is 6.91. The fourth-order valence-electron chi connectivity index (χ4n) is 4.60. The van der Waals surface area contributed by atoms with E-state index in [0.717, 1.165) is 62.7 Å². The van der Waals surface area contributed by atoms with Gasteiger partial charge in [-0.2, -0.15) is 0 Å². The second-order valence-corrected chi connectivity index (χ2v) is 9.91. The third-order valence-electron chi connectivity index (χ3n) is 6.91. The number of carbonyl (C=O) groups is 1. The van der Waals surface area contributed by atoms with Gasteiger partial charge >= 0.3 is 0 Å². The Hall–Kier alpha value is -3.80. The largest absolute Gasteiger partial charge is 0.380 e. The lowest BCUT2D eigenvalue weighted by Crippen LogP contribution is -2.32. The van der Waals surface area contributed by atoms with E-state index in [4.69, 9.17) is 9.73 Å². The molecule has 2 N–H and O–H groups in total. The van der Waals surface area contributed by atoms with Crippen LogP contribution in [-0.4, -0.2) is 49.2 Å². The van der Waals surface area contributed by atoms with Crippen molar-refractivity contribution in [2.24, 2.45) is 18.0 Å². The molecule has 0 bridgehead atoms. The normalized spacial score (nSPS) is 14.7. The van der Waals surface area contributed by atoms with Crippen molar-refractivity contribution in [1.29, 1.82) is 0 Å². The molecular formula is C31H43N5O2. The van der Waals surface area contributed by atoms with E-state index in [1.165, 1.54) is 11.3 Å². The zero-order valence-corrected chi connectivity index (χ0v) is 22.6. The molecule has 0 spiro atoms. The first kappa shape index (κ1) is 27.2. The fourth-order valence-corrected chi connectivity index (χ4v) is 4.60. The molecule has 1 saturated heterocycles. The van der Waals surface area contributed by atoms with Crippen molar-refractivity contribution in [2.75, 3.05) is 37.7 Å².